The third-order valence-corrected chi connectivity index (χ3v) is 1.57. The first-order valence-corrected chi connectivity index (χ1v) is 3.92. The van der Waals surface area contributed by atoms with Crippen molar-refractivity contribution in [3.8, 4) is 5.75 Å². The van der Waals surface area contributed by atoms with Crippen molar-refractivity contribution in [2.75, 3.05) is 0 Å². The predicted octanol–water partition coefficient (Wildman–Crippen LogP) is 3.70. The molecule has 0 aliphatic heterocycles. The second kappa shape index (κ2) is 3.67. The lowest BCUT2D eigenvalue weighted by Gasteiger charge is -2.13. The van der Waals surface area contributed by atoms with Crippen LogP contribution in [0.2, 0.25) is 0 Å². The summed E-state index contributed by atoms with van der Waals surface area (Å²) in [4.78, 5) is 0. The molecule has 1 aromatic rings. The van der Waals surface area contributed by atoms with E-state index in [4.69, 9.17) is 0 Å². The molecule has 0 saturated carbocycles. The van der Waals surface area contributed by atoms with E-state index in [1.165, 1.54) is 0 Å². The molecular weight excluding hydrogens is 219 g/mol. The van der Waals surface area contributed by atoms with Crippen LogP contribution < -0.4 is 4.74 Å². The maximum absolute atomic E-state index is 12.7. The summed E-state index contributed by atoms with van der Waals surface area (Å²) in [5.41, 5.74) is -0.524. The summed E-state index contributed by atoms with van der Waals surface area (Å²) in [6.45, 7) is 0.597. The summed E-state index contributed by atoms with van der Waals surface area (Å²) in [5, 5.41) is 0. The zero-order valence-corrected chi connectivity index (χ0v) is 7.61. The molecule has 0 bridgehead atoms. The topological polar surface area (TPSA) is 9.23 Å². The molecule has 0 fully saturated rings. The minimum atomic E-state index is -4.87. The molecule has 1 nitrogen and oxygen atoms in total. The highest BCUT2D eigenvalue weighted by Gasteiger charge is 2.32. The SMILES string of the molecule is CC(F)(F)c1cccc(OC(F)(F)F)c1. The maximum atomic E-state index is 12.7. The first-order chi connectivity index (χ1) is 6.68. The minimum absolute atomic E-state index is 0.524. The Hall–Kier alpha value is -1.33. The molecule has 84 valence electrons. The van der Waals surface area contributed by atoms with Crippen LogP contribution in [0, 0.1) is 0 Å². The average Bonchev–Trinajstić information content (AvgIpc) is 1.99. The number of hydrogen-bond donors (Lipinski definition) is 0. The number of benzene rings is 1. The fraction of sp³-hybridized carbons (Fsp3) is 0.333. The number of halogens is 5. The monoisotopic (exact) mass is 226 g/mol. The fourth-order valence-electron chi connectivity index (χ4n) is 0.966. The summed E-state index contributed by atoms with van der Waals surface area (Å²) in [7, 11) is 0. The van der Waals surface area contributed by atoms with Crippen LogP contribution in [0.5, 0.6) is 5.75 Å². The van der Waals surface area contributed by atoms with Crippen LogP contribution in [0.15, 0.2) is 24.3 Å². The van der Waals surface area contributed by atoms with Crippen LogP contribution in [0.25, 0.3) is 0 Å². The van der Waals surface area contributed by atoms with Gasteiger partial charge in [0.25, 0.3) is 5.92 Å². The van der Waals surface area contributed by atoms with Crippen LogP contribution in [0.1, 0.15) is 12.5 Å². The predicted molar refractivity (Wildman–Crippen MR) is 42.7 cm³/mol. The van der Waals surface area contributed by atoms with Gasteiger partial charge in [0.15, 0.2) is 0 Å². The van der Waals surface area contributed by atoms with Crippen molar-refractivity contribution in [2.45, 2.75) is 19.2 Å². The summed E-state index contributed by atoms with van der Waals surface area (Å²) in [6, 6.07) is 3.73. The van der Waals surface area contributed by atoms with Gasteiger partial charge >= 0.3 is 6.36 Å². The van der Waals surface area contributed by atoms with Gasteiger partial charge in [0, 0.05) is 12.5 Å². The van der Waals surface area contributed by atoms with Gasteiger partial charge in [-0.15, -0.1) is 13.2 Å². The molecule has 0 heterocycles. The summed E-state index contributed by atoms with van der Waals surface area (Å²) in [6.07, 6.45) is -4.87. The Morgan fingerprint density at radius 3 is 2.13 bits per heavy atom. The van der Waals surface area contributed by atoms with Gasteiger partial charge in [-0.05, 0) is 12.1 Å². The van der Waals surface area contributed by atoms with Gasteiger partial charge in [0.2, 0.25) is 0 Å². The van der Waals surface area contributed by atoms with Gasteiger partial charge in [-0.1, -0.05) is 12.1 Å². The second-order valence-corrected chi connectivity index (χ2v) is 2.96. The molecule has 1 aromatic carbocycles. The summed E-state index contributed by atoms with van der Waals surface area (Å²) >= 11 is 0. The van der Waals surface area contributed by atoms with Crippen molar-refractivity contribution in [1.29, 1.82) is 0 Å². The summed E-state index contributed by atoms with van der Waals surface area (Å²) < 4.78 is 64.2. The normalized spacial score (nSPS) is 12.7. The van der Waals surface area contributed by atoms with Crippen LogP contribution in [-0.4, -0.2) is 6.36 Å². The molecule has 0 atom stereocenters. The van der Waals surface area contributed by atoms with Gasteiger partial charge < -0.3 is 4.74 Å². The zero-order valence-electron chi connectivity index (χ0n) is 7.61. The fourth-order valence-corrected chi connectivity index (χ4v) is 0.966. The molecule has 1 rings (SSSR count). The van der Waals surface area contributed by atoms with Crippen LogP contribution in [0.4, 0.5) is 22.0 Å². The van der Waals surface area contributed by atoms with E-state index in [0.717, 1.165) is 18.2 Å². The summed E-state index contributed by atoms with van der Waals surface area (Å²) in [5.74, 6) is -3.84. The number of alkyl halides is 5. The number of ether oxygens (including phenoxy) is 1. The van der Waals surface area contributed by atoms with E-state index in [1.807, 2.05) is 0 Å². The molecule has 0 aliphatic rings. The Balaban J connectivity index is 2.94. The van der Waals surface area contributed by atoms with E-state index < -0.39 is 23.6 Å². The lowest BCUT2D eigenvalue weighted by Crippen LogP contribution is -2.17. The molecule has 0 aliphatic carbocycles. The van der Waals surface area contributed by atoms with Gasteiger partial charge in [0.05, 0.1) is 0 Å². The van der Waals surface area contributed by atoms with E-state index in [2.05, 4.69) is 4.74 Å². The number of hydrogen-bond acceptors (Lipinski definition) is 1. The Kier molecular flexibility index (Phi) is 2.88. The van der Waals surface area contributed by atoms with Crippen molar-refractivity contribution < 1.29 is 26.7 Å². The third-order valence-electron chi connectivity index (χ3n) is 1.57. The molecule has 0 radical (unpaired) electrons. The Morgan fingerprint density at radius 2 is 1.67 bits per heavy atom. The standard InChI is InChI=1S/C9H7F5O/c1-8(10,11)6-3-2-4-7(5-6)15-9(12,13)14/h2-5H,1H3. The van der Waals surface area contributed by atoms with Crippen molar-refractivity contribution in [3.05, 3.63) is 29.8 Å². The van der Waals surface area contributed by atoms with Gasteiger partial charge in [-0.3, -0.25) is 0 Å². The Morgan fingerprint density at radius 1 is 1.07 bits per heavy atom. The van der Waals surface area contributed by atoms with E-state index in [9.17, 15) is 22.0 Å². The molecule has 0 aromatic heterocycles. The molecule has 0 unspecified atom stereocenters. The molecule has 0 N–H and O–H groups in total. The van der Waals surface area contributed by atoms with Crippen LogP contribution in [0.3, 0.4) is 0 Å². The highest BCUT2D eigenvalue weighted by Crippen LogP contribution is 2.31. The highest BCUT2D eigenvalue weighted by atomic mass is 19.4. The smallest absolute Gasteiger partial charge is 0.406 e. The first-order valence-electron chi connectivity index (χ1n) is 3.92. The van der Waals surface area contributed by atoms with E-state index >= 15 is 0 Å². The Labute approximate surface area is 82.5 Å². The average molecular weight is 226 g/mol. The van der Waals surface area contributed by atoms with E-state index in [1.54, 1.807) is 0 Å². The lowest BCUT2D eigenvalue weighted by atomic mass is 10.1. The van der Waals surface area contributed by atoms with Crippen LogP contribution in [-0.2, 0) is 5.92 Å². The van der Waals surface area contributed by atoms with E-state index in [0.29, 0.717) is 13.0 Å². The van der Waals surface area contributed by atoms with Crippen molar-refractivity contribution in [3.63, 3.8) is 0 Å². The molecular formula is C9H7F5O. The molecule has 6 heteroatoms. The molecule has 0 amide bonds. The van der Waals surface area contributed by atoms with Crippen LogP contribution >= 0.6 is 0 Å². The maximum Gasteiger partial charge on any atom is 0.573 e. The van der Waals surface area contributed by atoms with Gasteiger partial charge in [0.1, 0.15) is 5.75 Å². The quantitative estimate of drug-likeness (QED) is 0.698. The Bertz CT molecular complexity index is 339. The molecule has 0 spiro atoms. The van der Waals surface area contributed by atoms with Crippen molar-refractivity contribution >= 4 is 0 Å². The third kappa shape index (κ3) is 3.73. The second-order valence-electron chi connectivity index (χ2n) is 2.96. The van der Waals surface area contributed by atoms with Crippen molar-refractivity contribution in [2.24, 2.45) is 0 Å². The highest BCUT2D eigenvalue weighted by molar-refractivity contribution is 5.30. The molecule has 15 heavy (non-hydrogen) atoms. The van der Waals surface area contributed by atoms with Crippen molar-refractivity contribution in [1.82, 2.24) is 0 Å². The van der Waals surface area contributed by atoms with E-state index in [-0.39, 0.29) is 0 Å². The first kappa shape index (κ1) is 11.7. The minimum Gasteiger partial charge on any atom is -0.406 e. The zero-order chi connectivity index (χ0) is 11.7. The lowest BCUT2D eigenvalue weighted by molar-refractivity contribution is -0.274. The molecule has 0 saturated heterocycles. The largest absolute Gasteiger partial charge is 0.573 e. The van der Waals surface area contributed by atoms with Gasteiger partial charge in [-0.25, -0.2) is 8.78 Å². The number of rotatable bonds is 2. The van der Waals surface area contributed by atoms with Gasteiger partial charge in [-0.2, -0.15) is 0 Å².